The van der Waals surface area contributed by atoms with E-state index in [1.807, 2.05) is 24.3 Å². The average molecular weight is 291 g/mol. The third kappa shape index (κ3) is 2.62. The minimum Gasteiger partial charge on any atom is -0.416 e. The van der Waals surface area contributed by atoms with E-state index in [0.29, 0.717) is 21.8 Å². The molecule has 3 rings (SSSR count). The van der Waals surface area contributed by atoms with Crippen molar-refractivity contribution in [1.29, 1.82) is 0 Å². The first-order valence-electron chi connectivity index (χ1n) is 5.58. The zero-order valence-corrected chi connectivity index (χ0v) is 11.2. The van der Waals surface area contributed by atoms with Gasteiger partial charge in [0.15, 0.2) is 0 Å². The molecule has 0 radical (unpaired) electrons. The first-order chi connectivity index (χ1) is 9.22. The van der Waals surface area contributed by atoms with Crippen LogP contribution in [0.2, 0.25) is 10.0 Å². The lowest BCUT2D eigenvalue weighted by atomic mass is 10.2. The molecular weight excluding hydrogens is 283 g/mol. The SMILES string of the molecule is Clc1cccc(-c2nnc(-c3cccc(Cl)c3)o2)c1. The van der Waals surface area contributed by atoms with E-state index in [1.165, 1.54) is 0 Å². The molecule has 1 heterocycles. The molecule has 2 aromatic carbocycles. The van der Waals surface area contributed by atoms with Crippen molar-refractivity contribution >= 4 is 23.2 Å². The largest absolute Gasteiger partial charge is 0.416 e. The van der Waals surface area contributed by atoms with Gasteiger partial charge in [-0.05, 0) is 36.4 Å². The Morgan fingerprint density at radius 1 is 0.737 bits per heavy atom. The summed E-state index contributed by atoms with van der Waals surface area (Å²) >= 11 is 11.9. The maximum absolute atomic E-state index is 5.93. The first-order valence-corrected chi connectivity index (χ1v) is 6.33. The van der Waals surface area contributed by atoms with Crippen molar-refractivity contribution < 1.29 is 4.42 Å². The molecule has 3 aromatic rings. The van der Waals surface area contributed by atoms with Crippen LogP contribution in [0.4, 0.5) is 0 Å². The summed E-state index contributed by atoms with van der Waals surface area (Å²) in [6, 6.07) is 14.5. The highest BCUT2D eigenvalue weighted by Gasteiger charge is 2.10. The van der Waals surface area contributed by atoms with Crippen LogP contribution in [0.1, 0.15) is 0 Å². The fourth-order valence-corrected chi connectivity index (χ4v) is 2.08. The van der Waals surface area contributed by atoms with Gasteiger partial charge in [0, 0.05) is 21.2 Å². The van der Waals surface area contributed by atoms with E-state index in [4.69, 9.17) is 27.6 Å². The van der Waals surface area contributed by atoms with Gasteiger partial charge < -0.3 is 4.42 Å². The lowest BCUT2D eigenvalue weighted by molar-refractivity contribution is 0.584. The lowest BCUT2D eigenvalue weighted by Gasteiger charge is -1.96. The van der Waals surface area contributed by atoms with Gasteiger partial charge >= 0.3 is 0 Å². The Labute approximate surface area is 119 Å². The highest BCUT2D eigenvalue weighted by Crippen LogP contribution is 2.26. The number of rotatable bonds is 2. The number of hydrogen-bond donors (Lipinski definition) is 0. The molecule has 1 aromatic heterocycles. The van der Waals surface area contributed by atoms with Gasteiger partial charge in [0.1, 0.15) is 0 Å². The molecule has 0 saturated heterocycles. The van der Waals surface area contributed by atoms with Gasteiger partial charge in [0.25, 0.3) is 0 Å². The Morgan fingerprint density at radius 3 is 1.63 bits per heavy atom. The molecule has 0 amide bonds. The summed E-state index contributed by atoms with van der Waals surface area (Å²) in [5, 5.41) is 9.28. The van der Waals surface area contributed by atoms with Crippen LogP contribution in [0.15, 0.2) is 52.9 Å². The Balaban J connectivity index is 2.00. The molecule has 0 N–H and O–H groups in total. The Hall–Kier alpha value is -1.84. The van der Waals surface area contributed by atoms with Crippen LogP contribution in [0.25, 0.3) is 22.9 Å². The minimum absolute atomic E-state index is 0.428. The number of aromatic nitrogens is 2. The van der Waals surface area contributed by atoms with E-state index < -0.39 is 0 Å². The Morgan fingerprint density at radius 2 is 1.21 bits per heavy atom. The zero-order chi connectivity index (χ0) is 13.2. The monoisotopic (exact) mass is 290 g/mol. The normalized spacial score (nSPS) is 10.6. The minimum atomic E-state index is 0.428. The maximum Gasteiger partial charge on any atom is 0.248 e. The summed E-state index contributed by atoms with van der Waals surface area (Å²) in [5.74, 6) is 0.856. The molecule has 5 heteroatoms. The second-order valence-corrected chi connectivity index (χ2v) is 4.81. The summed E-state index contributed by atoms with van der Waals surface area (Å²) in [6.45, 7) is 0. The molecule has 0 fully saturated rings. The van der Waals surface area contributed by atoms with Gasteiger partial charge in [-0.1, -0.05) is 35.3 Å². The van der Waals surface area contributed by atoms with Crippen LogP contribution < -0.4 is 0 Å². The second kappa shape index (κ2) is 5.03. The summed E-state index contributed by atoms with van der Waals surface area (Å²) in [5.41, 5.74) is 1.57. The number of nitrogens with zero attached hydrogens (tertiary/aromatic N) is 2. The molecule has 3 nitrogen and oxygen atoms in total. The number of benzene rings is 2. The molecule has 19 heavy (non-hydrogen) atoms. The van der Waals surface area contributed by atoms with E-state index in [1.54, 1.807) is 24.3 Å². The third-order valence-electron chi connectivity index (χ3n) is 2.57. The molecule has 94 valence electrons. The average Bonchev–Trinajstić information content (AvgIpc) is 2.88. The Kier molecular flexibility index (Phi) is 3.23. The Bertz CT molecular complexity index is 665. The molecule has 0 aliphatic rings. The molecule has 0 saturated carbocycles. The van der Waals surface area contributed by atoms with Crippen LogP contribution in [0.3, 0.4) is 0 Å². The third-order valence-corrected chi connectivity index (χ3v) is 3.04. The van der Waals surface area contributed by atoms with Gasteiger partial charge in [0.05, 0.1) is 0 Å². The summed E-state index contributed by atoms with van der Waals surface area (Å²) in [7, 11) is 0. The molecule has 0 atom stereocenters. The highest BCUT2D eigenvalue weighted by molar-refractivity contribution is 6.31. The van der Waals surface area contributed by atoms with Crippen molar-refractivity contribution in [2.45, 2.75) is 0 Å². The van der Waals surface area contributed by atoms with E-state index in [9.17, 15) is 0 Å². The summed E-state index contributed by atoms with van der Waals surface area (Å²) in [4.78, 5) is 0. The van der Waals surface area contributed by atoms with Crippen molar-refractivity contribution in [1.82, 2.24) is 10.2 Å². The van der Waals surface area contributed by atoms with E-state index in [2.05, 4.69) is 10.2 Å². The fraction of sp³-hybridized carbons (Fsp3) is 0. The van der Waals surface area contributed by atoms with Gasteiger partial charge in [-0.2, -0.15) is 0 Å². The van der Waals surface area contributed by atoms with Gasteiger partial charge in [-0.15, -0.1) is 10.2 Å². The molecule has 0 aliphatic heterocycles. The standard InChI is InChI=1S/C14H8Cl2N2O/c15-11-5-1-3-9(7-11)13-17-18-14(19-13)10-4-2-6-12(16)8-10/h1-8H. The molecule has 0 spiro atoms. The highest BCUT2D eigenvalue weighted by atomic mass is 35.5. The first kappa shape index (κ1) is 12.2. The van der Waals surface area contributed by atoms with Crippen molar-refractivity contribution in [3.63, 3.8) is 0 Å². The van der Waals surface area contributed by atoms with Gasteiger partial charge in [0.2, 0.25) is 11.8 Å². The van der Waals surface area contributed by atoms with Crippen LogP contribution in [-0.2, 0) is 0 Å². The molecular formula is C14H8Cl2N2O. The lowest BCUT2D eigenvalue weighted by Crippen LogP contribution is -1.77. The number of halogens is 2. The summed E-state index contributed by atoms with van der Waals surface area (Å²) < 4.78 is 5.63. The zero-order valence-electron chi connectivity index (χ0n) is 9.68. The second-order valence-electron chi connectivity index (χ2n) is 3.93. The van der Waals surface area contributed by atoms with Crippen LogP contribution in [0.5, 0.6) is 0 Å². The van der Waals surface area contributed by atoms with Crippen LogP contribution >= 0.6 is 23.2 Å². The quantitative estimate of drug-likeness (QED) is 0.686. The van der Waals surface area contributed by atoms with Crippen LogP contribution in [-0.4, -0.2) is 10.2 Å². The predicted molar refractivity (Wildman–Crippen MR) is 75.2 cm³/mol. The molecule has 0 unspecified atom stereocenters. The van der Waals surface area contributed by atoms with Crippen molar-refractivity contribution in [3.05, 3.63) is 58.6 Å². The van der Waals surface area contributed by atoms with Crippen molar-refractivity contribution in [2.24, 2.45) is 0 Å². The molecule has 0 bridgehead atoms. The summed E-state index contributed by atoms with van der Waals surface area (Å²) in [6.07, 6.45) is 0. The van der Waals surface area contributed by atoms with E-state index >= 15 is 0 Å². The van der Waals surface area contributed by atoms with E-state index in [0.717, 1.165) is 11.1 Å². The van der Waals surface area contributed by atoms with Gasteiger partial charge in [-0.25, -0.2) is 0 Å². The smallest absolute Gasteiger partial charge is 0.248 e. The van der Waals surface area contributed by atoms with E-state index in [-0.39, 0.29) is 0 Å². The molecule has 0 aliphatic carbocycles. The topological polar surface area (TPSA) is 38.9 Å². The van der Waals surface area contributed by atoms with Crippen LogP contribution in [0, 0.1) is 0 Å². The predicted octanol–water partition coefficient (Wildman–Crippen LogP) is 4.71. The van der Waals surface area contributed by atoms with Crippen molar-refractivity contribution in [2.75, 3.05) is 0 Å². The fourth-order valence-electron chi connectivity index (χ4n) is 1.70. The number of hydrogen-bond acceptors (Lipinski definition) is 3. The van der Waals surface area contributed by atoms with Gasteiger partial charge in [-0.3, -0.25) is 0 Å². The maximum atomic E-state index is 5.93. The van der Waals surface area contributed by atoms with Crippen molar-refractivity contribution in [3.8, 4) is 22.9 Å².